The SMILES string of the molecule is CCn1c(C)nnc1COc1c(F)cccc1OC. The summed E-state index contributed by atoms with van der Waals surface area (Å²) in [6.45, 7) is 4.74. The minimum atomic E-state index is -0.460. The van der Waals surface area contributed by atoms with Crippen molar-refractivity contribution in [3.63, 3.8) is 0 Å². The van der Waals surface area contributed by atoms with Gasteiger partial charge in [0.2, 0.25) is 0 Å². The number of hydrogen-bond donors (Lipinski definition) is 0. The first-order valence-corrected chi connectivity index (χ1v) is 6.01. The Bertz CT molecular complexity index is 569. The van der Waals surface area contributed by atoms with Crippen molar-refractivity contribution in [2.24, 2.45) is 0 Å². The Morgan fingerprint density at radius 1 is 1.32 bits per heavy atom. The normalized spacial score (nSPS) is 10.5. The van der Waals surface area contributed by atoms with E-state index in [0.29, 0.717) is 11.6 Å². The van der Waals surface area contributed by atoms with Crippen molar-refractivity contribution in [2.75, 3.05) is 7.11 Å². The highest BCUT2D eigenvalue weighted by atomic mass is 19.1. The predicted molar refractivity (Wildman–Crippen MR) is 67.7 cm³/mol. The van der Waals surface area contributed by atoms with Crippen LogP contribution in [-0.2, 0) is 13.2 Å². The van der Waals surface area contributed by atoms with Gasteiger partial charge in [0.25, 0.3) is 0 Å². The zero-order valence-electron chi connectivity index (χ0n) is 11.2. The molecule has 0 aliphatic carbocycles. The Hall–Kier alpha value is -2.11. The molecule has 0 fully saturated rings. The summed E-state index contributed by atoms with van der Waals surface area (Å²) in [4.78, 5) is 0. The number of aromatic nitrogens is 3. The highest BCUT2D eigenvalue weighted by molar-refractivity contribution is 5.40. The van der Waals surface area contributed by atoms with Gasteiger partial charge in [-0.05, 0) is 26.0 Å². The van der Waals surface area contributed by atoms with Gasteiger partial charge in [0.15, 0.2) is 23.1 Å². The number of methoxy groups -OCH3 is 1. The van der Waals surface area contributed by atoms with Gasteiger partial charge in [0, 0.05) is 6.54 Å². The summed E-state index contributed by atoms with van der Waals surface area (Å²) in [6, 6.07) is 4.54. The molecule has 0 saturated heterocycles. The predicted octanol–water partition coefficient (Wildman–Crippen LogP) is 2.33. The summed E-state index contributed by atoms with van der Waals surface area (Å²) >= 11 is 0. The van der Waals surface area contributed by atoms with Crippen molar-refractivity contribution in [1.82, 2.24) is 14.8 Å². The zero-order valence-corrected chi connectivity index (χ0v) is 11.2. The standard InChI is InChI=1S/C13H16FN3O2/c1-4-17-9(2)15-16-12(17)8-19-13-10(14)6-5-7-11(13)18-3/h5-7H,4,8H2,1-3H3. The van der Waals surface area contributed by atoms with Crippen LogP contribution in [0.4, 0.5) is 4.39 Å². The molecule has 102 valence electrons. The maximum atomic E-state index is 13.7. The van der Waals surface area contributed by atoms with E-state index in [0.717, 1.165) is 12.4 Å². The summed E-state index contributed by atoms with van der Waals surface area (Å²) in [5, 5.41) is 7.98. The highest BCUT2D eigenvalue weighted by Crippen LogP contribution is 2.30. The molecule has 0 unspecified atom stereocenters. The Morgan fingerprint density at radius 2 is 2.11 bits per heavy atom. The van der Waals surface area contributed by atoms with E-state index in [9.17, 15) is 4.39 Å². The molecule has 0 aliphatic heterocycles. The number of halogens is 1. The van der Waals surface area contributed by atoms with E-state index in [4.69, 9.17) is 9.47 Å². The van der Waals surface area contributed by atoms with Crippen LogP contribution in [0.3, 0.4) is 0 Å². The van der Waals surface area contributed by atoms with Gasteiger partial charge in [-0.25, -0.2) is 4.39 Å². The Labute approximate surface area is 111 Å². The molecule has 0 aliphatic rings. The molecule has 1 heterocycles. The summed E-state index contributed by atoms with van der Waals surface area (Å²) in [7, 11) is 1.47. The fourth-order valence-electron chi connectivity index (χ4n) is 1.87. The molecule has 1 aromatic carbocycles. The molecule has 0 saturated carbocycles. The lowest BCUT2D eigenvalue weighted by Crippen LogP contribution is -2.08. The lowest BCUT2D eigenvalue weighted by Gasteiger charge is -2.11. The summed E-state index contributed by atoms with van der Waals surface area (Å²) in [5.74, 6) is 1.46. The minimum absolute atomic E-state index is 0.0910. The van der Waals surface area contributed by atoms with Crippen LogP contribution in [0.15, 0.2) is 18.2 Å². The number of rotatable bonds is 5. The molecule has 2 rings (SSSR count). The van der Waals surface area contributed by atoms with Gasteiger partial charge in [-0.3, -0.25) is 0 Å². The molecule has 0 N–H and O–H groups in total. The van der Waals surface area contributed by atoms with Crippen LogP contribution in [0.2, 0.25) is 0 Å². The monoisotopic (exact) mass is 265 g/mol. The maximum absolute atomic E-state index is 13.7. The van der Waals surface area contributed by atoms with Gasteiger partial charge in [0.1, 0.15) is 12.4 Å². The number of ether oxygens (including phenoxy) is 2. The average molecular weight is 265 g/mol. The second-order valence-electron chi connectivity index (χ2n) is 3.97. The van der Waals surface area contributed by atoms with Crippen molar-refractivity contribution < 1.29 is 13.9 Å². The molecule has 0 spiro atoms. The molecule has 0 atom stereocenters. The zero-order chi connectivity index (χ0) is 13.8. The molecule has 0 amide bonds. The van der Waals surface area contributed by atoms with Crippen LogP contribution in [0, 0.1) is 12.7 Å². The third kappa shape index (κ3) is 2.67. The molecule has 5 nitrogen and oxygen atoms in total. The first-order valence-electron chi connectivity index (χ1n) is 6.01. The summed E-state index contributed by atoms with van der Waals surface area (Å²) in [5.41, 5.74) is 0. The first-order chi connectivity index (χ1) is 9.17. The fraction of sp³-hybridized carbons (Fsp3) is 0.385. The molecule has 0 bridgehead atoms. The minimum Gasteiger partial charge on any atom is -0.493 e. The number of benzene rings is 1. The quantitative estimate of drug-likeness (QED) is 0.832. The first kappa shape index (κ1) is 13.3. The van der Waals surface area contributed by atoms with Crippen molar-refractivity contribution in [2.45, 2.75) is 27.0 Å². The van der Waals surface area contributed by atoms with Gasteiger partial charge >= 0.3 is 0 Å². The molecule has 0 radical (unpaired) electrons. The third-order valence-electron chi connectivity index (χ3n) is 2.82. The van der Waals surface area contributed by atoms with E-state index in [1.54, 1.807) is 12.1 Å². The third-order valence-corrected chi connectivity index (χ3v) is 2.82. The van der Waals surface area contributed by atoms with E-state index in [1.165, 1.54) is 13.2 Å². The topological polar surface area (TPSA) is 49.2 Å². The van der Waals surface area contributed by atoms with E-state index < -0.39 is 5.82 Å². The van der Waals surface area contributed by atoms with Crippen LogP contribution in [-0.4, -0.2) is 21.9 Å². The van der Waals surface area contributed by atoms with Crippen molar-refractivity contribution >= 4 is 0 Å². The van der Waals surface area contributed by atoms with Gasteiger partial charge in [0.05, 0.1) is 7.11 Å². The molecule has 1 aromatic heterocycles. The van der Waals surface area contributed by atoms with Crippen LogP contribution in [0.5, 0.6) is 11.5 Å². The molecule has 6 heteroatoms. The van der Waals surface area contributed by atoms with E-state index in [1.807, 2.05) is 18.4 Å². The Morgan fingerprint density at radius 3 is 2.79 bits per heavy atom. The fourth-order valence-corrected chi connectivity index (χ4v) is 1.87. The number of hydrogen-bond acceptors (Lipinski definition) is 4. The smallest absolute Gasteiger partial charge is 0.197 e. The van der Waals surface area contributed by atoms with E-state index in [-0.39, 0.29) is 12.4 Å². The van der Waals surface area contributed by atoms with Gasteiger partial charge in [-0.15, -0.1) is 10.2 Å². The Kier molecular flexibility index (Phi) is 3.99. The number of nitrogens with zero attached hydrogens (tertiary/aromatic N) is 3. The largest absolute Gasteiger partial charge is 0.493 e. The van der Waals surface area contributed by atoms with E-state index in [2.05, 4.69) is 10.2 Å². The Balaban J connectivity index is 2.19. The average Bonchev–Trinajstić information content (AvgIpc) is 2.77. The maximum Gasteiger partial charge on any atom is 0.197 e. The van der Waals surface area contributed by atoms with Gasteiger partial charge in [-0.2, -0.15) is 0 Å². The molecule has 19 heavy (non-hydrogen) atoms. The van der Waals surface area contributed by atoms with E-state index >= 15 is 0 Å². The van der Waals surface area contributed by atoms with Crippen LogP contribution >= 0.6 is 0 Å². The second-order valence-corrected chi connectivity index (χ2v) is 3.97. The lowest BCUT2D eigenvalue weighted by atomic mass is 10.3. The second kappa shape index (κ2) is 5.69. The number of para-hydroxylation sites is 1. The number of aryl methyl sites for hydroxylation is 1. The molecular weight excluding hydrogens is 249 g/mol. The van der Waals surface area contributed by atoms with Crippen LogP contribution in [0.25, 0.3) is 0 Å². The molecular formula is C13H16FN3O2. The van der Waals surface area contributed by atoms with Crippen molar-refractivity contribution in [3.05, 3.63) is 35.7 Å². The summed E-state index contributed by atoms with van der Waals surface area (Å²) < 4.78 is 26.1. The lowest BCUT2D eigenvalue weighted by molar-refractivity contribution is 0.257. The molecule has 2 aromatic rings. The summed E-state index contributed by atoms with van der Waals surface area (Å²) in [6.07, 6.45) is 0. The van der Waals surface area contributed by atoms with Crippen molar-refractivity contribution in [1.29, 1.82) is 0 Å². The van der Waals surface area contributed by atoms with Crippen LogP contribution < -0.4 is 9.47 Å². The highest BCUT2D eigenvalue weighted by Gasteiger charge is 2.13. The van der Waals surface area contributed by atoms with Gasteiger partial charge in [-0.1, -0.05) is 6.07 Å². The van der Waals surface area contributed by atoms with Crippen molar-refractivity contribution in [3.8, 4) is 11.5 Å². The van der Waals surface area contributed by atoms with Gasteiger partial charge < -0.3 is 14.0 Å². The van der Waals surface area contributed by atoms with Crippen LogP contribution in [0.1, 0.15) is 18.6 Å².